The number of aromatic nitrogens is 2. The van der Waals surface area contributed by atoms with Gasteiger partial charge >= 0.3 is 0 Å². The summed E-state index contributed by atoms with van der Waals surface area (Å²) >= 11 is 0. The van der Waals surface area contributed by atoms with Crippen molar-refractivity contribution in [2.45, 2.75) is 26.8 Å². The van der Waals surface area contributed by atoms with Gasteiger partial charge in [-0.3, -0.25) is 0 Å². The Morgan fingerprint density at radius 1 is 1.37 bits per heavy atom. The van der Waals surface area contributed by atoms with Crippen LogP contribution in [0.3, 0.4) is 0 Å². The molecule has 0 bridgehead atoms. The molecule has 0 amide bonds. The van der Waals surface area contributed by atoms with E-state index < -0.39 is 0 Å². The summed E-state index contributed by atoms with van der Waals surface area (Å²) < 4.78 is 5.08. The number of furan rings is 1. The molecule has 2 rings (SSSR count). The highest BCUT2D eigenvalue weighted by atomic mass is 16.3. The van der Waals surface area contributed by atoms with E-state index in [0.717, 1.165) is 42.5 Å². The summed E-state index contributed by atoms with van der Waals surface area (Å²) in [6, 6.07) is 3.93. The first-order chi connectivity index (χ1) is 9.19. The molecule has 0 saturated carbocycles. The van der Waals surface area contributed by atoms with Crippen molar-refractivity contribution < 1.29 is 4.42 Å². The maximum atomic E-state index is 5.08. The summed E-state index contributed by atoms with van der Waals surface area (Å²) in [6.07, 6.45) is 4.51. The van der Waals surface area contributed by atoms with Gasteiger partial charge in [-0.15, -0.1) is 0 Å². The van der Waals surface area contributed by atoms with Gasteiger partial charge < -0.3 is 14.6 Å². The Bertz CT molecular complexity index is 510. The lowest BCUT2D eigenvalue weighted by atomic mass is 10.3. The van der Waals surface area contributed by atoms with Crippen molar-refractivity contribution in [3.05, 3.63) is 36.0 Å². The Morgan fingerprint density at radius 3 is 2.89 bits per heavy atom. The summed E-state index contributed by atoms with van der Waals surface area (Å²) in [5, 5.41) is 3.29. The lowest BCUT2D eigenvalue weighted by Gasteiger charge is -2.18. The minimum atomic E-state index is 0.764. The third-order valence-corrected chi connectivity index (χ3v) is 2.77. The van der Waals surface area contributed by atoms with Gasteiger partial charge in [-0.05, 0) is 19.4 Å². The molecule has 2 aromatic rings. The first kappa shape index (κ1) is 13.4. The molecule has 0 fully saturated rings. The van der Waals surface area contributed by atoms with Gasteiger partial charge in [-0.25, -0.2) is 9.97 Å². The smallest absolute Gasteiger partial charge is 0.134 e. The Labute approximate surface area is 113 Å². The van der Waals surface area contributed by atoms with Crippen LogP contribution in [-0.2, 0) is 6.54 Å². The minimum Gasteiger partial charge on any atom is -0.472 e. The predicted molar refractivity (Wildman–Crippen MR) is 76.4 cm³/mol. The van der Waals surface area contributed by atoms with E-state index in [9.17, 15) is 0 Å². The highest BCUT2D eigenvalue weighted by molar-refractivity contribution is 5.49. The van der Waals surface area contributed by atoms with Gasteiger partial charge in [0, 0.05) is 31.8 Å². The van der Waals surface area contributed by atoms with E-state index >= 15 is 0 Å². The molecule has 1 N–H and O–H groups in total. The van der Waals surface area contributed by atoms with Gasteiger partial charge in [0.1, 0.15) is 17.5 Å². The molecule has 0 atom stereocenters. The Hall–Kier alpha value is -2.04. The number of nitrogens with zero attached hydrogens (tertiary/aromatic N) is 3. The van der Waals surface area contributed by atoms with Crippen LogP contribution in [0.4, 0.5) is 11.6 Å². The topological polar surface area (TPSA) is 54.2 Å². The van der Waals surface area contributed by atoms with Crippen LogP contribution in [0.2, 0.25) is 0 Å². The highest BCUT2D eigenvalue weighted by Gasteiger charge is 2.07. The van der Waals surface area contributed by atoms with Crippen LogP contribution < -0.4 is 10.2 Å². The van der Waals surface area contributed by atoms with E-state index in [1.807, 2.05) is 26.1 Å². The summed E-state index contributed by atoms with van der Waals surface area (Å²) in [7, 11) is 2.01. The standard InChI is InChI=1S/C14H20N4O/c1-4-6-15-13-8-14(17-11(2)16-13)18(3)9-12-5-7-19-10-12/h5,7-8,10H,4,6,9H2,1-3H3,(H,15,16,17). The average Bonchev–Trinajstić information content (AvgIpc) is 2.88. The molecule has 19 heavy (non-hydrogen) atoms. The summed E-state index contributed by atoms with van der Waals surface area (Å²) in [5.74, 6) is 2.56. The molecule has 5 nitrogen and oxygen atoms in total. The van der Waals surface area contributed by atoms with Crippen molar-refractivity contribution in [1.82, 2.24) is 9.97 Å². The van der Waals surface area contributed by atoms with E-state index in [0.29, 0.717) is 0 Å². The molecular weight excluding hydrogens is 240 g/mol. The number of rotatable bonds is 6. The monoisotopic (exact) mass is 260 g/mol. The Morgan fingerprint density at radius 2 is 2.21 bits per heavy atom. The molecule has 2 heterocycles. The molecule has 0 aliphatic heterocycles. The van der Waals surface area contributed by atoms with E-state index in [1.54, 1.807) is 12.5 Å². The fourth-order valence-corrected chi connectivity index (χ4v) is 1.83. The second kappa shape index (κ2) is 6.22. The van der Waals surface area contributed by atoms with Crippen LogP contribution >= 0.6 is 0 Å². The van der Waals surface area contributed by atoms with Crippen molar-refractivity contribution in [2.24, 2.45) is 0 Å². The van der Waals surface area contributed by atoms with Gasteiger partial charge in [-0.2, -0.15) is 0 Å². The molecule has 0 spiro atoms. The first-order valence-electron chi connectivity index (χ1n) is 6.51. The summed E-state index contributed by atoms with van der Waals surface area (Å²) in [5.41, 5.74) is 1.13. The van der Waals surface area contributed by atoms with Gasteiger partial charge in [0.15, 0.2) is 0 Å². The fourth-order valence-electron chi connectivity index (χ4n) is 1.83. The van der Waals surface area contributed by atoms with E-state index in [4.69, 9.17) is 4.42 Å². The lowest BCUT2D eigenvalue weighted by molar-refractivity contribution is 0.563. The Kier molecular flexibility index (Phi) is 4.39. The molecule has 2 aromatic heterocycles. The SMILES string of the molecule is CCCNc1cc(N(C)Cc2ccoc2)nc(C)n1. The third-order valence-electron chi connectivity index (χ3n) is 2.77. The molecule has 102 valence electrons. The average molecular weight is 260 g/mol. The van der Waals surface area contributed by atoms with E-state index in [-0.39, 0.29) is 0 Å². The first-order valence-corrected chi connectivity index (χ1v) is 6.51. The van der Waals surface area contributed by atoms with Gasteiger partial charge in [-0.1, -0.05) is 6.92 Å². The fraction of sp³-hybridized carbons (Fsp3) is 0.429. The molecular formula is C14H20N4O. The van der Waals surface area contributed by atoms with Crippen LogP contribution in [-0.4, -0.2) is 23.6 Å². The number of anilines is 2. The van der Waals surface area contributed by atoms with Gasteiger partial charge in [0.25, 0.3) is 0 Å². The van der Waals surface area contributed by atoms with Crippen LogP contribution in [0.15, 0.2) is 29.1 Å². The summed E-state index contributed by atoms with van der Waals surface area (Å²) in [6.45, 7) is 5.72. The molecule has 0 unspecified atom stereocenters. The molecule has 0 radical (unpaired) electrons. The minimum absolute atomic E-state index is 0.764. The zero-order valence-electron chi connectivity index (χ0n) is 11.7. The van der Waals surface area contributed by atoms with E-state index in [2.05, 4.69) is 27.1 Å². The largest absolute Gasteiger partial charge is 0.472 e. The van der Waals surface area contributed by atoms with Crippen molar-refractivity contribution in [3.8, 4) is 0 Å². The van der Waals surface area contributed by atoms with Crippen molar-refractivity contribution >= 4 is 11.6 Å². The highest BCUT2D eigenvalue weighted by Crippen LogP contribution is 2.17. The van der Waals surface area contributed by atoms with Crippen molar-refractivity contribution in [3.63, 3.8) is 0 Å². The zero-order valence-corrected chi connectivity index (χ0v) is 11.7. The van der Waals surface area contributed by atoms with Crippen LogP contribution in [0, 0.1) is 6.92 Å². The van der Waals surface area contributed by atoms with E-state index in [1.165, 1.54) is 0 Å². The second-order valence-electron chi connectivity index (χ2n) is 4.57. The van der Waals surface area contributed by atoms with Gasteiger partial charge in [0.2, 0.25) is 0 Å². The molecule has 5 heteroatoms. The van der Waals surface area contributed by atoms with Crippen LogP contribution in [0.5, 0.6) is 0 Å². The quantitative estimate of drug-likeness (QED) is 0.865. The lowest BCUT2D eigenvalue weighted by Crippen LogP contribution is -2.18. The maximum Gasteiger partial charge on any atom is 0.134 e. The zero-order chi connectivity index (χ0) is 13.7. The third kappa shape index (κ3) is 3.71. The van der Waals surface area contributed by atoms with Crippen LogP contribution in [0.25, 0.3) is 0 Å². The molecule has 0 aliphatic carbocycles. The normalized spacial score (nSPS) is 10.5. The van der Waals surface area contributed by atoms with Crippen molar-refractivity contribution in [1.29, 1.82) is 0 Å². The van der Waals surface area contributed by atoms with Crippen LogP contribution in [0.1, 0.15) is 24.7 Å². The number of hydrogen-bond acceptors (Lipinski definition) is 5. The molecule has 0 aromatic carbocycles. The van der Waals surface area contributed by atoms with Crippen molar-refractivity contribution in [2.75, 3.05) is 23.8 Å². The Balaban J connectivity index is 2.11. The molecule has 0 saturated heterocycles. The summed E-state index contributed by atoms with van der Waals surface area (Å²) in [4.78, 5) is 10.9. The number of aryl methyl sites for hydroxylation is 1. The molecule has 0 aliphatic rings. The maximum absolute atomic E-state index is 5.08. The second-order valence-corrected chi connectivity index (χ2v) is 4.57. The van der Waals surface area contributed by atoms with Gasteiger partial charge in [0.05, 0.1) is 12.5 Å². The number of hydrogen-bond donors (Lipinski definition) is 1. The number of nitrogens with one attached hydrogen (secondary N) is 1. The predicted octanol–water partition coefficient (Wildman–Crippen LogP) is 2.84.